The number of halogens is 7. The second kappa shape index (κ2) is 12.8. The normalized spacial score (nSPS) is 17.6. The predicted molar refractivity (Wildman–Crippen MR) is 138 cm³/mol. The molecular weight excluding hydrogens is 559 g/mol. The molecule has 1 aromatic heterocycles. The first kappa shape index (κ1) is 31.7. The molecule has 1 aliphatic rings. The molecule has 7 nitrogen and oxygen atoms in total. The SMILES string of the molecule is C[C@@H]1CN(c2ncc(C(=O)O)c(-c3ccccc3F)n2)C[C@@H](C)N1.C[N-]Cc1cc(C(F)(F)F)cc(C(F)(F)F)c1. The molecule has 0 amide bonds. The molecule has 4 rings (SSSR count). The van der Waals surface area contributed by atoms with E-state index in [-0.39, 0.29) is 47.1 Å². The van der Waals surface area contributed by atoms with Gasteiger partial charge < -0.3 is 20.6 Å². The Bertz CT molecular complexity index is 1320. The van der Waals surface area contributed by atoms with Crippen molar-refractivity contribution in [3.63, 3.8) is 0 Å². The Labute approximate surface area is 231 Å². The van der Waals surface area contributed by atoms with Gasteiger partial charge in [0.2, 0.25) is 5.95 Å². The zero-order valence-electron chi connectivity index (χ0n) is 22.2. The lowest BCUT2D eigenvalue weighted by Crippen LogP contribution is -2.54. The Kier molecular flexibility index (Phi) is 9.92. The number of carbonyl (C=O) groups is 1. The number of rotatable bonds is 5. The summed E-state index contributed by atoms with van der Waals surface area (Å²) in [5, 5.41) is 16.3. The fraction of sp³-hybridized carbons (Fsp3) is 0.370. The van der Waals surface area contributed by atoms with E-state index in [1.165, 1.54) is 25.4 Å². The molecule has 41 heavy (non-hydrogen) atoms. The predicted octanol–water partition coefficient (Wildman–Crippen LogP) is 6.40. The van der Waals surface area contributed by atoms with Gasteiger partial charge in [-0.2, -0.15) is 33.4 Å². The quantitative estimate of drug-likeness (QED) is 0.337. The Morgan fingerprint density at radius 1 is 1.02 bits per heavy atom. The minimum absolute atomic E-state index is 0.0964. The number of aromatic nitrogens is 2. The number of hydrogen-bond acceptors (Lipinski definition) is 5. The zero-order valence-corrected chi connectivity index (χ0v) is 22.2. The van der Waals surface area contributed by atoms with Crippen LogP contribution in [-0.2, 0) is 18.9 Å². The molecule has 0 spiro atoms. The molecule has 0 saturated carbocycles. The highest BCUT2D eigenvalue weighted by molar-refractivity contribution is 5.94. The maximum absolute atomic E-state index is 14.1. The van der Waals surface area contributed by atoms with Crippen molar-refractivity contribution in [2.24, 2.45) is 0 Å². The highest BCUT2D eigenvalue weighted by atomic mass is 19.4. The third-order valence-electron chi connectivity index (χ3n) is 5.96. The van der Waals surface area contributed by atoms with Crippen LogP contribution in [0.4, 0.5) is 36.7 Å². The molecule has 1 fully saturated rings. The second-order valence-corrected chi connectivity index (χ2v) is 9.48. The first-order chi connectivity index (χ1) is 19.1. The van der Waals surface area contributed by atoms with E-state index < -0.39 is 35.3 Å². The van der Waals surface area contributed by atoms with E-state index in [2.05, 4.69) is 34.4 Å². The number of alkyl halides is 6. The van der Waals surface area contributed by atoms with E-state index in [1.807, 2.05) is 4.90 Å². The maximum Gasteiger partial charge on any atom is 0.416 e. The lowest BCUT2D eigenvalue weighted by molar-refractivity contribution is -0.143. The number of nitrogens with zero attached hydrogens (tertiary/aromatic N) is 4. The van der Waals surface area contributed by atoms with Crippen molar-refractivity contribution >= 4 is 11.9 Å². The molecule has 0 aliphatic carbocycles. The van der Waals surface area contributed by atoms with Gasteiger partial charge in [0.15, 0.2) is 0 Å². The highest BCUT2D eigenvalue weighted by Gasteiger charge is 2.36. The van der Waals surface area contributed by atoms with Gasteiger partial charge in [0.25, 0.3) is 0 Å². The summed E-state index contributed by atoms with van der Waals surface area (Å²) < 4.78 is 88.4. The average Bonchev–Trinajstić information content (AvgIpc) is 2.87. The summed E-state index contributed by atoms with van der Waals surface area (Å²) in [7, 11) is 1.31. The van der Waals surface area contributed by atoms with Gasteiger partial charge >= 0.3 is 18.3 Å². The van der Waals surface area contributed by atoms with E-state index in [0.717, 1.165) is 0 Å². The standard InChI is InChI=1S/C17H19FN4O2.C10H8F6N/c1-10-8-22(9-11(2)20-10)17-19-7-13(16(23)24)15(21-17)12-5-3-4-6-14(12)18;1-17-5-6-2-7(9(11,12)13)4-8(3-6)10(14,15)16/h3-7,10-11,20H,8-9H2,1-2H3,(H,23,24);2-4H,5H2,1H3/q;-1/t10-,11-;/m1./s1. The molecule has 14 heteroatoms. The van der Waals surface area contributed by atoms with Gasteiger partial charge in [0.1, 0.15) is 11.4 Å². The zero-order chi connectivity index (χ0) is 30.5. The Hall–Kier alpha value is -3.78. The molecule has 0 radical (unpaired) electrons. The molecule has 2 heterocycles. The van der Waals surface area contributed by atoms with Crippen LogP contribution in [0.1, 0.15) is 40.9 Å². The first-order valence-electron chi connectivity index (χ1n) is 12.3. The molecule has 1 saturated heterocycles. The molecule has 1 aliphatic heterocycles. The van der Waals surface area contributed by atoms with Crippen LogP contribution in [0.2, 0.25) is 0 Å². The number of aromatic carboxylic acids is 1. The molecule has 2 aromatic carbocycles. The number of carboxylic acids is 1. The lowest BCUT2D eigenvalue weighted by Gasteiger charge is -2.36. The van der Waals surface area contributed by atoms with Crippen LogP contribution in [-0.4, -0.2) is 53.3 Å². The monoisotopic (exact) mass is 586 g/mol. The number of anilines is 1. The second-order valence-electron chi connectivity index (χ2n) is 9.48. The lowest BCUT2D eigenvalue weighted by atomic mass is 10.0. The van der Waals surface area contributed by atoms with Gasteiger partial charge in [0, 0.05) is 36.9 Å². The molecule has 2 atom stereocenters. The van der Waals surface area contributed by atoms with Gasteiger partial charge in [-0.05, 0) is 44.2 Å². The summed E-state index contributed by atoms with van der Waals surface area (Å²) in [6.07, 6.45) is -8.35. The van der Waals surface area contributed by atoms with Crippen LogP contribution in [0.25, 0.3) is 16.6 Å². The topological polar surface area (TPSA) is 92.5 Å². The maximum atomic E-state index is 14.1. The van der Waals surface area contributed by atoms with E-state index in [1.54, 1.807) is 12.1 Å². The van der Waals surface area contributed by atoms with Crippen LogP contribution in [0, 0.1) is 5.82 Å². The third-order valence-corrected chi connectivity index (χ3v) is 5.96. The van der Waals surface area contributed by atoms with Crippen LogP contribution < -0.4 is 10.2 Å². The molecule has 3 aromatic rings. The summed E-state index contributed by atoms with van der Waals surface area (Å²) in [6.45, 7) is 5.34. The van der Waals surface area contributed by atoms with Crippen molar-refractivity contribution in [1.29, 1.82) is 0 Å². The van der Waals surface area contributed by atoms with Crippen molar-refractivity contribution in [2.75, 3.05) is 25.0 Å². The summed E-state index contributed by atoms with van der Waals surface area (Å²) >= 11 is 0. The largest absolute Gasteiger partial charge is 0.661 e. The average molecular weight is 587 g/mol. The fourth-order valence-corrected chi connectivity index (χ4v) is 4.32. The number of hydrogen-bond donors (Lipinski definition) is 2. The number of carboxylic acid groups (broad SMARTS) is 1. The van der Waals surface area contributed by atoms with Crippen molar-refractivity contribution < 1.29 is 40.6 Å². The Morgan fingerprint density at radius 2 is 1.59 bits per heavy atom. The van der Waals surface area contributed by atoms with Gasteiger partial charge in [0.05, 0.1) is 16.8 Å². The van der Waals surface area contributed by atoms with Crippen LogP contribution in [0.15, 0.2) is 48.7 Å². The van der Waals surface area contributed by atoms with Gasteiger partial charge in [-0.1, -0.05) is 17.7 Å². The van der Waals surface area contributed by atoms with E-state index in [9.17, 15) is 40.6 Å². The highest BCUT2D eigenvalue weighted by Crippen LogP contribution is 2.36. The minimum atomic E-state index is -4.80. The van der Waals surface area contributed by atoms with E-state index in [4.69, 9.17) is 0 Å². The van der Waals surface area contributed by atoms with Crippen LogP contribution in [0.5, 0.6) is 0 Å². The molecule has 2 N–H and O–H groups in total. The molecular formula is C27H27F7N5O2-. The van der Waals surface area contributed by atoms with Crippen molar-refractivity contribution in [3.05, 3.63) is 82.0 Å². The van der Waals surface area contributed by atoms with Crippen LogP contribution >= 0.6 is 0 Å². The van der Waals surface area contributed by atoms with Crippen LogP contribution in [0.3, 0.4) is 0 Å². The van der Waals surface area contributed by atoms with E-state index in [0.29, 0.717) is 31.2 Å². The Balaban J connectivity index is 0.000000241. The fourth-order valence-electron chi connectivity index (χ4n) is 4.32. The number of nitrogens with one attached hydrogen (secondary N) is 1. The number of piperazine rings is 1. The van der Waals surface area contributed by atoms with Gasteiger partial charge in [-0.15, -0.1) is 6.54 Å². The molecule has 222 valence electrons. The first-order valence-corrected chi connectivity index (χ1v) is 12.3. The smallest absolute Gasteiger partial charge is 0.416 e. The Morgan fingerprint density at radius 3 is 2.07 bits per heavy atom. The van der Waals surface area contributed by atoms with Gasteiger partial charge in [-0.3, -0.25) is 0 Å². The van der Waals surface area contributed by atoms with E-state index >= 15 is 0 Å². The summed E-state index contributed by atoms with van der Waals surface area (Å²) in [4.78, 5) is 22.0. The van der Waals surface area contributed by atoms with Crippen molar-refractivity contribution in [1.82, 2.24) is 15.3 Å². The summed E-state index contributed by atoms with van der Waals surface area (Å²) in [5.41, 5.74) is -2.59. The molecule has 0 unspecified atom stereocenters. The van der Waals surface area contributed by atoms with Gasteiger partial charge in [-0.25, -0.2) is 19.2 Å². The summed E-state index contributed by atoms with van der Waals surface area (Å²) in [5.74, 6) is -1.27. The minimum Gasteiger partial charge on any atom is -0.661 e. The molecule has 0 bridgehead atoms. The van der Waals surface area contributed by atoms with Crippen molar-refractivity contribution in [3.8, 4) is 11.3 Å². The summed E-state index contributed by atoms with van der Waals surface area (Å²) in [6, 6.07) is 7.97. The van der Waals surface area contributed by atoms with Crippen molar-refractivity contribution in [2.45, 2.75) is 44.8 Å². The number of benzene rings is 2. The third kappa shape index (κ3) is 8.36.